The molecule has 1 aromatic carbocycles. The lowest BCUT2D eigenvalue weighted by Crippen LogP contribution is -2.36. The van der Waals surface area contributed by atoms with E-state index in [-0.39, 0.29) is 18.4 Å². The van der Waals surface area contributed by atoms with Crippen LogP contribution in [-0.4, -0.2) is 60.4 Å². The number of hydrogen-bond donors (Lipinski definition) is 3. The predicted molar refractivity (Wildman–Crippen MR) is 128 cm³/mol. The fourth-order valence-corrected chi connectivity index (χ4v) is 4.31. The highest BCUT2D eigenvalue weighted by Crippen LogP contribution is 2.29. The number of carbonyl (C=O) groups is 1. The second-order valence-electron chi connectivity index (χ2n) is 8.55. The molecule has 3 aromatic rings. The molecule has 2 saturated heterocycles. The third kappa shape index (κ3) is 5.11. The van der Waals surface area contributed by atoms with Crippen LogP contribution in [0.3, 0.4) is 0 Å². The lowest BCUT2D eigenvalue weighted by molar-refractivity contribution is -0.120. The minimum absolute atomic E-state index is 0.0251. The van der Waals surface area contributed by atoms with E-state index in [0.717, 1.165) is 56.1 Å². The fourth-order valence-electron chi connectivity index (χ4n) is 4.31. The summed E-state index contributed by atoms with van der Waals surface area (Å²) in [6.07, 6.45) is 1.69. The topological polar surface area (TPSA) is 113 Å². The first-order valence-electron chi connectivity index (χ1n) is 11.7. The van der Waals surface area contributed by atoms with Gasteiger partial charge in [0.15, 0.2) is 11.6 Å². The second-order valence-corrected chi connectivity index (χ2v) is 8.55. The molecule has 2 aromatic heterocycles. The van der Waals surface area contributed by atoms with E-state index in [1.807, 2.05) is 30.3 Å². The van der Waals surface area contributed by atoms with E-state index in [1.165, 1.54) is 0 Å². The summed E-state index contributed by atoms with van der Waals surface area (Å²) in [5.41, 5.74) is 2.16. The second kappa shape index (κ2) is 10.3. The molecule has 9 heteroatoms. The first kappa shape index (κ1) is 22.5. The summed E-state index contributed by atoms with van der Waals surface area (Å²) in [4.78, 5) is 24.5. The highest BCUT2D eigenvalue weighted by molar-refractivity contribution is 5.93. The molecule has 9 nitrogen and oxygen atoms in total. The Kier molecular flexibility index (Phi) is 6.84. The highest BCUT2D eigenvalue weighted by Gasteiger charge is 2.22. The maximum atomic E-state index is 12.7. The maximum Gasteiger partial charge on any atom is 0.227 e. The van der Waals surface area contributed by atoms with Crippen LogP contribution in [0.15, 0.2) is 46.9 Å². The summed E-state index contributed by atoms with van der Waals surface area (Å²) < 4.78 is 11.2. The van der Waals surface area contributed by atoms with Gasteiger partial charge in [-0.3, -0.25) is 4.79 Å². The van der Waals surface area contributed by atoms with Crippen molar-refractivity contribution in [1.29, 1.82) is 0 Å². The van der Waals surface area contributed by atoms with Gasteiger partial charge in [-0.1, -0.05) is 12.1 Å². The van der Waals surface area contributed by atoms with Crippen molar-refractivity contribution in [3.05, 3.63) is 48.2 Å². The smallest absolute Gasteiger partial charge is 0.227 e. The van der Waals surface area contributed by atoms with Crippen LogP contribution in [0.2, 0.25) is 0 Å². The minimum atomic E-state index is -0.174. The molecule has 2 fully saturated rings. The largest absolute Gasteiger partial charge is 0.457 e. The Labute approximate surface area is 198 Å². The Morgan fingerprint density at radius 2 is 1.94 bits per heavy atom. The molecule has 0 radical (unpaired) electrons. The normalized spacial score (nSPS) is 17.0. The number of aliphatic hydroxyl groups excluding tert-OH is 1. The van der Waals surface area contributed by atoms with Crippen LogP contribution < -0.4 is 15.5 Å². The molecule has 0 bridgehead atoms. The number of morpholine rings is 1. The van der Waals surface area contributed by atoms with Crippen LogP contribution in [0.5, 0.6) is 0 Å². The van der Waals surface area contributed by atoms with E-state index in [1.54, 1.807) is 12.1 Å². The zero-order valence-electron chi connectivity index (χ0n) is 19.0. The van der Waals surface area contributed by atoms with E-state index >= 15 is 0 Å². The van der Waals surface area contributed by atoms with Crippen LogP contribution in [0.1, 0.15) is 18.6 Å². The summed E-state index contributed by atoms with van der Waals surface area (Å²) in [6.45, 7) is 4.32. The Hall–Kier alpha value is -3.27. The summed E-state index contributed by atoms with van der Waals surface area (Å²) >= 11 is 0. The molecule has 2 aliphatic rings. The Morgan fingerprint density at radius 3 is 2.71 bits per heavy atom. The van der Waals surface area contributed by atoms with Gasteiger partial charge in [0.05, 0.1) is 13.2 Å². The molecule has 0 saturated carbocycles. The van der Waals surface area contributed by atoms with Gasteiger partial charge in [0, 0.05) is 36.3 Å². The van der Waals surface area contributed by atoms with Crippen molar-refractivity contribution in [3.8, 4) is 22.8 Å². The fraction of sp³-hybridized carbons (Fsp3) is 0.400. The number of anilines is 2. The Balaban J connectivity index is 1.46. The van der Waals surface area contributed by atoms with Gasteiger partial charge in [0.2, 0.25) is 5.91 Å². The lowest BCUT2D eigenvalue weighted by atomic mass is 9.97. The molecule has 0 spiro atoms. The van der Waals surface area contributed by atoms with Crippen LogP contribution in [0, 0.1) is 5.92 Å². The zero-order valence-corrected chi connectivity index (χ0v) is 19.0. The number of furan rings is 1. The highest BCUT2D eigenvalue weighted by atomic mass is 16.5. The first-order valence-corrected chi connectivity index (χ1v) is 11.7. The van der Waals surface area contributed by atoms with Crippen LogP contribution >= 0.6 is 0 Å². The van der Waals surface area contributed by atoms with Crippen LogP contribution in [0.25, 0.3) is 22.8 Å². The van der Waals surface area contributed by atoms with Crippen LogP contribution in [0.4, 0.5) is 11.5 Å². The number of ether oxygens (including phenoxy) is 1. The van der Waals surface area contributed by atoms with Crippen molar-refractivity contribution in [2.24, 2.45) is 5.92 Å². The van der Waals surface area contributed by atoms with E-state index in [2.05, 4.69) is 15.5 Å². The first-order chi connectivity index (χ1) is 16.7. The molecular weight excluding hydrogens is 434 g/mol. The van der Waals surface area contributed by atoms with Crippen molar-refractivity contribution >= 4 is 17.4 Å². The molecule has 2 aliphatic heterocycles. The van der Waals surface area contributed by atoms with Crippen molar-refractivity contribution in [2.75, 3.05) is 49.6 Å². The summed E-state index contributed by atoms with van der Waals surface area (Å²) in [7, 11) is 0. The van der Waals surface area contributed by atoms with Gasteiger partial charge in [-0.05, 0) is 50.2 Å². The number of amides is 1. The molecule has 178 valence electrons. The predicted octanol–water partition coefficient (Wildman–Crippen LogP) is 2.67. The van der Waals surface area contributed by atoms with Crippen molar-refractivity contribution in [3.63, 3.8) is 0 Å². The average Bonchev–Trinajstić information content (AvgIpc) is 3.39. The quantitative estimate of drug-likeness (QED) is 0.512. The van der Waals surface area contributed by atoms with E-state index in [9.17, 15) is 9.90 Å². The number of nitrogens with one attached hydrogen (secondary N) is 2. The number of carbonyl (C=O) groups excluding carboxylic acids is 1. The average molecular weight is 464 g/mol. The molecule has 0 aliphatic carbocycles. The third-order valence-corrected chi connectivity index (χ3v) is 6.22. The van der Waals surface area contributed by atoms with Gasteiger partial charge in [-0.25, -0.2) is 9.97 Å². The monoisotopic (exact) mass is 463 g/mol. The Morgan fingerprint density at radius 1 is 1.12 bits per heavy atom. The SMILES string of the molecule is O=C(Nc1cccc(-c2nc(-c3ccc(CO)o3)cc(N3CCOCC3)n2)c1)C1CCNCC1. The molecule has 34 heavy (non-hydrogen) atoms. The Bertz CT molecular complexity index is 1140. The molecular formula is C25H29N5O4. The summed E-state index contributed by atoms with van der Waals surface area (Å²) in [5.74, 6) is 2.45. The van der Waals surface area contributed by atoms with Gasteiger partial charge in [-0.2, -0.15) is 0 Å². The zero-order chi connectivity index (χ0) is 23.3. The molecule has 5 rings (SSSR count). The number of aliphatic hydroxyl groups is 1. The van der Waals surface area contributed by atoms with E-state index in [4.69, 9.17) is 19.1 Å². The number of nitrogens with zero attached hydrogens (tertiary/aromatic N) is 3. The molecule has 4 heterocycles. The molecule has 1 amide bonds. The number of piperidine rings is 1. The molecule has 0 unspecified atom stereocenters. The van der Waals surface area contributed by atoms with Gasteiger partial charge >= 0.3 is 0 Å². The third-order valence-electron chi connectivity index (χ3n) is 6.22. The lowest BCUT2D eigenvalue weighted by Gasteiger charge is -2.28. The van der Waals surface area contributed by atoms with Gasteiger partial charge in [0.25, 0.3) is 0 Å². The number of aromatic nitrogens is 2. The number of rotatable bonds is 6. The van der Waals surface area contributed by atoms with Crippen LogP contribution in [-0.2, 0) is 16.1 Å². The standard InChI is InChI=1S/C25H29N5O4/c31-16-20-4-5-22(34-20)21-15-23(30-10-12-33-13-11-30)29-24(28-21)18-2-1-3-19(14-18)27-25(32)17-6-8-26-9-7-17/h1-5,14-15,17,26,31H,6-13,16H2,(H,27,32). The maximum absolute atomic E-state index is 12.7. The number of hydrogen-bond acceptors (Lipinski definition) is 8. The summed E-state index contributed by atoms with van der Waals surface area (Å²) in [5, 5.41) is 15.8. The molecule has 3 N–H and O–H groups in total. The minimum Gasteiger partial charge on any atom is -0.457 e. The summed E-state index contributed by atoms with van der Waals surface area (Å²) in [6, 6.07) is 13.1. The number of benzene rings is 1. The van der Waals surface area contributed by atoms with Gasteiger partial charge in [-0.15, -0.1) is 0 Å². The van der Waals surface area contributed by atoms with E-state index < -0.39 is 0 Å². The van der Waals surface area contributed by atoms with E-state index in [0.29, 0.717) is 36.3 Å². The van der Waals surface area contributed by atoms with Gasteiger partial charge < -0.3 is 29.8 Å². The molecule has 0 atom stereocenters. The van der Waals surface area contributed by atoms with Crippen molar-refractivity contribution in [1.82, 2.24) is 15.3 Å². The van der Waals surface area contributed by atoms with Crippen molar-refractivity contribution in [2.45, 2.75) is 19.4 Å². The van der Waals surface area contributed by atoms with Crippen molar-refractivity contribution < 1.29 is 19.1 Å². The van der Waals surface area contributed by atoms with Gasteiger partial charge in [0.1, 0.15) is 23.9 Å².